The zero-order valence-corrected chi connectivity index (χ0v) is 18.3. The number of nitrogens with zero attached hydrogens (tertiary/aromatic N) is 2. The van der Waals surface area contributed by atoms with Gasteiger partial charge in [-0.3, -0.25) is 0 Å². The fraction of sp³-hybridized carbons (Fsp3) is 0.333. The highest BCUT2D eigenvalue weighted by molar-refractivity contribution is 7.89. The molecule has 0 bridgehead atoms. The van der Waals surface area contributed by atoms with Crippen molar-refractivity contribution >= 4 is 31.6 Å². The molecule has 0 aliphatic carbocycles. The number of piperazine rings is 1. The van der Waals surface area contributed by atoms with Gasteiger partial charge in [0.25, 0.3) is 0 Å². The summed E-state index contributed by atoms with van der Waals surface area (Å²) in [5, 5.41) is 0.438. The highest BCUT2D eigenvalue weighted by Crippen LogP contribution is 2.31. The minimum absolute atomic E-state index is 0.00908. The third-order valence-corrected chi connectivity index (χ3v) is 8.74. The van der Waals surface area contributed by atoms with Gasteiger partial charge >= 0.3 is 0 Å². The Labute approximate surface area is 175 Å². The molecule has 1 aliphatic heterocycles. The van der Waals surface area contributed by atoms with Crippen LogP contribution in [0.4, 0.5) is 0 Å². The van der Waals surface area contributed by atoms with Crippen molar-refractivity contribution in [3.8, 4) is 11.5 Å². The quantitative estimate of drug-likeness (QED) is 0.655. The molecule has 1 saturated heterocycles. The normalized spacial score (nSPS) is 16.5. The number of hydrogen-bond acceptors (Lipinski definition) is 6. The van der Waals surface area contributed by atoms with Crippen LogP contribution in [0.5, 0.6) is 11.5 Å². The molecule has 2 aromatic carbocycles. The summed E-state index contributed by atoms with van der Waals surface area (Å²) < 4.78 is 64.5. The number of benzene rings is 2. The number of rotatable bonds is 6. The van der Waals surface area contributed by atoms with Gasteiger partial charge in [0.2, 0.25) is 20.0 Å². The molecule has 0 spiro atoms. The molecule has 0 amide bonds. The zero-order chi connectivity index (χ0) is 21.2. The number of hydrogen-bond donors (Lipinski definition) is 0. The van der Waals surface area contributed by atoms with Crippen molar-refractivity contribution in [2.45, 2.75) is 9.79 Å². The number of sulfonamides is 2. The predicted octanol–water partition coefficient (Wildman–Crippen LogP) is 2.05. The molecular formula is C18H21ClN2O6S2. The molecule has 1 fully saturated rings. The Morgan fingerprint density at radius 3 is 1.86 bits per heavy atom. The molecule has 0 saturated carbocycles. The summed E-state index contributed by atoms with van der Waals surface area (Å²) >= 11 is 5.82. The van der Waals surface area contributed by atoms with Gasteiger partial charge in [-0.05, 0) is 36.4 Å². The van der Waals surface area contributed by atoms with Crippen molar-refractivity contribution in [1.82, 2.24) is 8.61 Å². The van der Waals surface area contributed by atoms with Gasteiger partial charge in [0.15, 0.2) is 0 Å². The molecule has 158 valence electrons. The molecule has 0 unspecified atom stereocenters. The largest absolute Gasteiger partial charge is 0.497 e. The minimum Gasteiger partial charge on any atom is -0.497 e. The van der Waals surface area contributed by atoms with Crippen LogP contribution in [0.1, 0.15) is 0 Å². The molecule has 0 radical (unpaired) electrons. The lowest BCUT2D eigenvalue weighted by Gasteiger charge is -2.33. The van der Waals surface area contributed by atoms with Gasteiger partial charge in [-0.15, -0.1) is 0 Å². The first-order valence-electron chi connectivity index (χ1n) is 8.68. The van der Waals surface area contributed by atoms with Crippen LogP contribution in [-0.4, -0.2) is 65.8 Å². The first kappa shape index (κ1) is 21.8. The Bertz CT molecular complexity index is 1080. The van der Waals surface area contributed by atoms with Crippen LogP contribution in [0.3, 0.4) is 0 Å². The van der Waals surface area contributed by atoms with Crippen molar-refractivity contribution in [3.63, 3.8) is 0 Å². The minimum atomic E-state index is -3.86. The van der Waals surface area contributed by atoms with E-state index in [4.69, 9.17) is 21.1 Å². The van der Waals surface area contributed by atoms with Crippen LogP contribution in [-0.2, 0) is 20.0 Å². The van der Waals surface area contributed by atoms with E-state index in [1.807, 2.05) is 0 Å². The molecule has 1 aliphatic rings. The summed E-state index contributed by atoms with van der Waals surface area (Å²) in [6.45, 7) is 0.153. The van der Waals surface area contributed by atoms with E-state index in [-0.39, 0.29) is 41.7 Å². The maximum Gasteiger partial charge on any atom is 0.246 e. The first-order valence-corrected chi connectivity index (χ1v) is 11.9. The molecule has 2 aromatic rings. The van der Waals surface area contributed by atoms with Gasteiger partial charge in [0.1, 0.15) is 16.4 Å². The van der Waals surface area contributed by atoms with Gasteiger partial charge in [0.05, 0.1) is 19.1 Å². The maximum atomic E-state index is 13.1. The Morgan fingerprint density at radius 2 is 1.34 bits per heavy atom. The van der Waals surface area contributed by atoms with Crippen LogP contribution in [0.25, 0.3) is 0 Å². The van der Waals surface area contributed by atoms with Crippen molar-refractivity contribution in [2.75, 3.05) is 40.4 Å². The van der Waals surface area contributed by atoms with Crippen molar-refractivity contribution in [1.29, 1.82) is 0 Å². The van der Waals surface area contributed by atoms with Crippen LogP contribution in [0, 0.1) is 0 Å². The lowest BCUT2D eigenvalue weighted by molar-refractivity contribution is 0.272. The molecule has 3 rings (SSSR count). The standard InChI is InChI=1S/C18H21ClN2O6S2/c1-26-15-5-8-18(17(13-15)27-2)29(24,25)21-11-9-20(10-12-21)28(22,23)16-6-3-14(19)4-7-16/h3-8,13H,9-12H2,1-2H3. The fourth-order valence-corrected chi connectivity index (χ4v) is 6.14. The van der Waals surface area contributed by atoms with Gasteiger partial charge < -0.3 is 9.47 Å². The Kier molecular flexibility index (Phi) is 6.39. The van der Waals surface area contributed by atoms with E-state index in [1.165, 1.54) is 65.3 Å². The summed E-state index contributed by atoms with van der Waals surface area (Å²) in [7, 11) is -4.72. The van der Waals surface area contributed by atoms with Crippen LogP contribution in [0.2, 0.25) is 5.02 Å². The molecule has 11 heteroatoms. The summed E-state index contributed by atoms with van der Waals surface area (Å²) in [6, 6.07) is 10.3. The smallest absolute Gasteiger partial charge is 0.246 e. The molecule has 0 aromatic heterocycles. The Balaban J connectivity index is 1.79. The van der Waals surface area contributed by atoms with Gasteiger partial charge in [-0.1, -0.05) is 11.6 Å². The second-order valence-electron chi connectivity index (χ2n) is 6.28. The number of halogens is 1. The maximum absolute atomic E-state index is 13.1. The van der Waals surface area contributed by atoms with E-state index in [0.717, 1.165) is 0 Å². The zero-order valence-electron chi connectivity index (χ0n) is 15.9. The second-order valence-corrected chi connectivity index (χ2v) is 10.6. The number of ether oxygens (including phenoxy) is 2. The SMILES string of the molecule is COc1ccc(S(=O)(=O)N2CCN(S(=O)(=O)c3ccc(Cl)cc3)CC2)c(OC)c1. The molecule has 0 N–H and O–H groups in total. The molecule has 0 atom stereocenters. The van der Waals surface area contributed by atoms with E-state index < -0.39 is 20.0 Å². The summed E-state index contributed by atoms with van der Waals surface area (Å²) in [6.07, 6.45) is 0. The average Bonchev–Trinajstić information content (AvgIpc) is 2.73. The van der Waals surface area contributed by atoms with Crippen molar-refractivity contribution in [2.24, 2.45) is 0 Å². The van der Waals surface area contributed by atoms with Crippen LogP contribution < -0.4 is 9.47 Å². The fourth-order valence-electron chi connectivity index (χ4n) is 3.03. The highest BCUT2D eigenvalue weighted by Gasteiger charge is 2.35. The third-order valence-electron chi connectivity index (χ3n) is 4.64. The van der Waals surface area contributed by atoms with E-state index in [0.29, 0.717) is 10.8 Å². The monoisotopic (exact) mass is 460 g/mol. The topological polar surface area (TPSA) is 93.2 Å². The summed E-state index contributed by atoms with van der Waals surface area (Å²) in [4.78, 5) is 0.129. The highest BCUT2D eigenvalue weighted by atomic mass is 35.5. The molecule has 1 heterocycles. The second kappa shape index (κ2) is 8.49. The van der Waals surface area contributed by atoms with Crippen LogP contribution in [0.15, 0.2) is 52.3 Å². The summed E-state index contributed by atoms with van der Waals surface area (Å²) in [5.74, 6) is 0.639. The third kappa shape index (κ3) is 4.36. The van der Waals surface area contributed by atoms with E-state index >= 15 is 0 Å². The van der Waals surface area contributed by atoms with Gasteiger partial charge in [-0.25, -0.2) is 16.8 Å². The molecule has 29 heavy (non-hydrogen) atoms. The first-order chi connectivity index (χ1) is 13.7. The van der Waals surface area contributed by atoms with E-state index in [9.17, 15) is 16.8 Å². The number of methoxy groups -OCH3 is 2. The van der Waals surface area contributed by atoms with Gasteiger partial charge in [-0.2, -0.15) is 8.61 Å². The lowest BCUT2D eigenvalue weighted by atomic mass is 10.3. The molecular weight excluding hydrogens is 440 g/mol. The van der Waals surface area contributed by atoms with Crippen molar-refractivity contribution in [3.05, 3.63) is 47.5 Å². The predicted molar refractivity (Wildman–Crippen MR) is 109 cm³/mol. The lowest BCUT2D eigenvalue weighted by Crippen LogP contribution is -2.50. The van der Waals surface area contributed by atoms with E-state index in [1.54, 1.807) is 0 Å². The van der Waals surface area contributed by atoms with Gasteiger partial charge in [0, 0.05) is 37.3 Å². The van der Waals surface area contributed by atoms with Crippen molar-refractivity contribution < 1.29 is 26.3 Å². The summed E-state index contributed by atoms with van der Waals surface area (Å²) in [5.41, 5.74) is 0. The Morgan fingerprint density at radius 1 is 0.793 bits per heavy atom. The average molecular weight is 461 g/mol. The molecule has 8 nitrogen and oxygen atoms in total. The van der Waals surface area contributed by atoms with Crippen LogP contribution >= 0.6 is 11.6 Å². The Hall–Kier alpha value is -1.85. The van der Waals surface area contributed by atoms with E-state index in [2.05, 4.69) is 0 Å².